The second-order valence-corrected chi connectivity index (χ2v) is 9.47. The molecule has 1 amide bonds. The van der Waals surface area contributed by atoms with E-state index in [-0.39, 0.29) is 0 Å². The van der Waals surface area contributed by atoms with E-state index in [0.717, 1.165) is 37.0 Å². The quantitative estimate of drug-likeness (QED) is 0.841. The summed E-state index contributed by atoms with van der Waals surface area (Å²) in [7, 11) is 0. The van der Waals surface area contributed by atoms with Crippen molar-refractivity contribution in [2.24, 2.45) is 23.2 Å². The number of hydrogen-bond donors (Lipinski definition) is 2. The molecule has 0 spiro atoms. The minimum atomic E-state index is 0.369. The summed E-state index contributed by atoms with van der Waals surface area (Å²) in [6, 6.07) is 1.78. The largest absolute Gasteiger partial charge is 0.353 e. The maximum Gasteiger partial charge on any atom is 0.220 e. The van der Waals surface area contributed by atoms with Gasteiger partial charge < -0.3 is 10.6 Å². The van der Waals surface area contributed by atoms with Gasteiger partial charge in [-0.1, -0.05) is 0 Å². The van der Waals surface area contributed by atoms with E-state index in [0.29, 0.717) is 29.4 Å². The Kier molecular flexibility index (Phi) is 3.12. The number of amides is 1. The van der Waals surface area contributed by atoms with E-state index in [4.69, 9.17) is 0 Å². The van der Waals surface area contributed by atoms with Crippen LogP contribution in [0.15, 0.2) is 0 Å². The Balaban J connectivity index is 1.22. The molecule has 4 saturated carbocycles. The van der Waals surface area contributed by atoms with Gasteiger partial charge in [-0.3, -0.25) is 4.79 Å². The van der Waals surface area contributed by atoms with Crippen molar-refractivity contribution >= 4 is 5.91 Å². The van der Waals surface area contributed by atoms with Crippen molar-refractivity contribution in [2.45, 2.75) is 88.8 Å². The number of carbonyl (C=O) groups is 1. The lowest BCUT2D eigenvalue weighted by molar-refractivity contribution is -0.130. The van der Waals surface area contributed by atoms with Gasteiger partial charge >= 0.3 is 0 Å². The summed E-state index contributed by atoms with van der Waals surface area (Å²) in [6.45, 7) is 0. The van der Waals surface area contributed by atoms with Gasteiger partial charge in [0.05, 0.1) is 0 Å². The third kappa shape index (κ3) is 2.40. The van der Waals surface area contributed by atoms with E-state index in [1.165, 1.54) is 51.4 Å². The molecule has 3 heteroatoms. The molecule has 3 nitrogen and oxygen atoms in total. The molecule has 2 saturated heterocycles. The highest BCUT2D eigenvalue weighted by molar-refractivity contribution is 5.77. The topological polar surface area (TPSA) is 41.1 Å². The lowest BCUT2D eigenvalue weighted by atomic mass is 9.49. The second kappa shape index (κ2) is 4.96. The van der Waals surface area contributed by atoms with E-state index in [2.05, 4.69) is 10.6 Å². The van der Waals surface area contributed by atoms with Crippen LogP contribution in [0.2, 0.25) is 0 Å². The number of rotatable bonds is 3. The molecule has 6 rings (SSSR count). The molecular formula is C19H30N2O. The Bertz CT molecular complexity index is 427. The SMILES string of the molecule is O=C(CC12CC3CC(CC(C3)C1)C2)NC1CC2CCC(C1)N2. The number of hydrogen-bond acceptors (Lipinski definition) is 2. The maximum absolute atomic E-state index is 12.7. The van der Waals surface area contributed by atoms with Crippen LogP contribution in [0.3, 0.4) is 0 Å². The molecule has 4 aliphatic carbocycles. The number of carbonyl (C=O) groups excluding carboxylic acids is 1. The highest BCUT2D eigenvalue weighted by Gasteiger charge is 2.51. The van der Waals surface area contributed by atoms with Gasteiger partial charge in [-0.15, -0.1) is 0 Å². The van der Waals surface area contributed by atoms with Gasteiger partial charge in [-0.25, -0.2) is 0 Å². The van der Waals surface area contributed by atoms with Gasteiger partial charge in [0.2, 0.25) is 5.91 Å². The fourth-order valence-corrected chi connectivity index (χ4v) is 7.30. The molecule has 2 atom stereocenters. The molecule has 122 valence electrons. The summed E-state index contributed by atoms with van der Waals surface area (Å²) in [5.41, 5.74) is 0.394. The Morgan fingerprint density at radius 2 is 1.45 bits per heavy atom. The van der Waals surface area contributed by atoms with Crippen molar-refractivity contribution in [2.75, 3.05) is 0 Å². The predicted octanol–water partition coefficient (Wildman–Crippen LogP) is 2.99. The Hall–Kier alpha value is -0.570. The molecule has 2 unspecified atom stereocenters. The van der Waals surface area contributed by atoms with Crippen LogP contribution in [-0.4, -0.2) is 24.0 Å². The van der Waals surface area contributed by atoms with E-state index in [9.17, 15) is 4.79 Å². The van der Waals surface area contributed by atoms with Crippen LogP contribution in [0.25, 0.3) is 0 Å². The normalized spacial score (nSPS) is 52.0. The summed E-state index contributed by atoms with van der Waals surface area (Å²) in [6.07, 6.45) is 14.2. The predicted molar refractivity (Wildman–Crippen MR) is 86.3 cm³/mol. The standard InChI is InChI=1S/C19H30N2O/c22-18(21-17-6-15-1-2-16(7-17)20-15)11-19-8-12-3-13(9-19)5-14(4-12)10-19/h12-17,20H,1-11H2,(H,21,22). The van der Waals surface area contributed by atoms with E-state index in [1.807, 2.05) is 0 Å². The molecule has 0 aromatic carbocycles. The van der Waals surface area contributed by atoms with Crippen molar-refractivity contribution in [3.8, 4) is 0 Å². The average molecular weight is 302 g/mol. The van der Waals surface area contributed by atoms with Gasteiger partial charge in [-0.2, -0.15) is 0 Å². The monoisotopic (exact) mass is 302 g/mol. The first-order valence-electron chi connectivity index (χ1n) is 9.71. The zero-order valence-corrected chi connectivity index (χ0v) is 13.7. The molecule has 6 aliphatic rings. The van der Waals surface area contributed by atoms with Crippen LogP contribution in [0.5, 0.6) is 0 Å². The van der Waals surface area contributed by atoms with Gasteiger partial charge in [-0.05, 0) is 87.4 Å². The Morgan fingerprint density at radius 1 is 0.909 bits per heavy atom. The van der Waals surface area contributed by atoms with Gasteiger partial charge in [0.1, 0.15) is 0 Å². The second-order valence-electron chi connectivity index (χ2n) is 9.47. The van der Waals surface area contributed by atoms with E-state index < -0.39 is 0 Å². The number of nitrogens with one attached hydrogen (secondary N) is 2. The fraction of sp³-hybridized carbons (Fsp3) is 0.947. The average Bonchev–Trinajstić information content (AvgIpc) is 2.75. The molecule has 0 aromatic rings. The van der Waals surface area contributed by atoms with E-state index >= 15 is 0 Å². The van der Waals surface area contributed by atoms with Gasteiger partial charge in [0.15, 0.2) is 0 Å². The van der Waals surface area contributed by atoms with Crippen molar-refractivity contribution in [1.82, 2.24) is 10.6 Å². The molecule has 22 heavy (non-hydrogen) atoms. The molecule has 6 bridgehead atoms. The maximum atomic E-state index is 12.7. The fourth-order valence-electron chi connectivity index (χ4n) is 7.30. The van der Waals surface area contributed by atoms with Crippen LogP contribution < -0.4 is 10.6 Å². The lowest BCUT2D eigenvalue weighted by Gasteiger charge is -2.56. The molecule has 0 aromatic heterocycles. The van der Waals surface area contributed by atoms with Crippen molar-refractivity contribution in [3.05, 3.63) is 0 Å². The van der Waals surface area contributed by atoms with Crippen LogP contribution in [0.4, 0.5) is 0 Å². The van der Waals surface area contributed by atoms with E-state index in [1.54, 1.807) is 0 Å². The summed E-state index contributed by atoms with van der Waals surface area (Å²) < 4.78 is 0. The van der Waals surface area contributed by atoms with Crippen molar-refractivity contribution in [1.29, 1.82) is 0 Å². The highest BCUT2D eigenvalue weighted by atomic mass is 16.1. The summed E-state index contributed by atoms with van der Waals surface area (Å²) in [4.78, 5) is 12.7. The Morgan fingerprint density at radius 3 is 2.00 bits per heavy atom. The van der Waals surface area contributed by atoms with Gasteiger partial charge in [0.25, 0.3) is 0 Å². The van der Waals surface area contributed by atoms with Crippen molar-refractivity contribution < 1.29 is 4.79 Å². The molecule has 0 radical (unpaired) electrons. The molecule has 2 N–H and O–H groups in total. The van der Waals surface area contributed by atoms with Crippen LogP contribution in [0.1, 0.15) is 70.6 Å². The third-order valence-corrected chi connectivity index (χ3v) is 7.54. The first-order valence-corrected chi connectivity index (χ1v) is 9.71. The minimum Gasteiger partial charge on any atom is -0.353 e. The van der Waals surface area contributed by atoms with Crippen LogP contribution in [-0.2, 0) is 4.79 Å². The first kappa shape index (κ1) is 13.8. The van der Waals surface area contributed by atoms with Gasteiger partial charge in [0, 0.05) is 24.5 Å². The first-order chi connectivity index (χ1) is 10.7. The summed E-state index contributed by atoms with van der Waals surface area (Å²) in [5, 5.41) is 7.08. The van der Waals surface area contributed by atoms with Crippen LogP contribution >= 0.6 is 0 Å². The summed E-state index contributed by atoms with van der Waals surface area (Å²) >= 11 is 0. The number of piperidine rings is 1. The summed E-state index contributed by atoms with van der Waals surface area (Å²) in [5.74, 6) is 3.23. The minimum absolute atomic E-state index is 0.369. The lowest BCUT2D eigenvalue weighted by Crippen LogP contribution is -2.51. The molecule has 2 heterocycles. The number of fused-ring (bicyclic) bond motifs is 2. The highest BCUT2D eigenvalue weighted by Crippen LogP contribution is 2.61. The zero-order chi connectivity index (χ0) is 14.7. The Labute approximate surface area is 134 Å². The van der Waals surface area contributed by atoms with Crippen LogP contribution in [0, 0.1) is 23.2 Å². The third-order valence-electron chi connectivity index (χ3n) is 7.54. The molecule has 6 fully saturated rings. The molecular weight excluding hydrogens is 272 g/mol. The molecule has 2 aliphatic heterocycles. The smallest absolute Gasteiger partial charge is 0.220 e. The zero-order valence-electron chi connectivity index (χ0n) is 13.7. The van der Waals surface area contributed by atoms with Crippen molar-refractivity contribution in [3.63, 3.8) is 0 Å².